The Kier molecular flexibility index (Phi) is 6.24. The van der Waals surface area contributed by atoms with Crippen molar-refractivity contribution >= 4 is 23.4 Å². The smallest absolute Gasteiger partial charge is 0.365 e. The SMILES string of the molecule is N/C(=N\OC(=O)c1cccc(COc2cccc(Cl)c2)c1)c1ccc(F)cc1. The number of carbonyl (C=O) groups excluding carboxylic acids is 1. The van der Waals surface area contributed by atoms with Gasteiger partial charge in [-0.15, -0.1) is 0 Å². The van der Waals surface area contributed by atoms with Gasteiger partial charge in [-0.25, -0.2) is 9.18 Å². The summed E-state index contributed by atoms with van der Waals surface area (Å²) in [5, 5.41) is 4.19. The van der Waals surface area contributed by atoms with E-state index in [1.807, 2.05) is 6.07 Å². The Labute approximate surface area is 166 Å². The molecule has 0 aliphatic carbocycles. The predicted molar refractivity (Wildman–Crippen MR) is 105 cm³/mol. The van der Waals surface area contributed by atoms with Crippen LogP contribution in [-0.2, 0) is 11.4 Å². The standard InChI is InChI=1S/C21H16ClFN2O3/c22-17-5-2-6-19(12-17)27-13-14-3-1-4-16(11-14)21(26)28-25-20(24)15-7-9-18(23)10-8-15/h1-12H,13H2,(H2,24,25). The molecule has 0 bridgehead atoms. The zero-order chi connectivity index (χ0) is 19.9. The van der Waals surface area contributed by atoms with Gasteiger partial charge < -0.3 is 15.3 Å². The molecule has 5 nitrogen and oxygen atoms in total. The van der Waals surface area contributed by atoms with Crippen molar-refractivity contribution in [1.82, 2.24) is 0 Å². The predicted octanol–water partition coefficient (Wildman–Crippen LogP) is 4.54. The van der Waals surface area contributed by atoms with Crippen LogP contribution in [0.15, 0.2) is 78.0 Å². The summed E-state index contributed by atoms with van der Waals surface area (Å²) >= 11 is 5.92. The number of ether oxygens (including phenoxy) is 1. The lowest BCUT2D eigenvalue weighted by atomic mass is 10.1. The number of halogens is 2. The van der Waals surface area contributed by atoms with Crippen LogP contribution in [0.25, 0.3) is 0 Å². The Morgan fingerprint density at radius 3 is 2.50 bits per heavy atom. The van der Waals surface area contributed by atoms with Gasteiger partial charge in [0.2, 0.25) is 0 Å². The second-order valence-corrected chi connectivity index (χ2v) is 6.25. The first-order chi connectivity index (χ1) is 13.5. The molecule has 0 radical (unpaired) electrons. The number of rotatable bonds is 6. The van der Waals surface area contributed by atoms with E-state index in [2.05, 4.69) is 5.16 Å². The molecule has 7 heteroatoms. The average molecular weight is 399 g/mol. The molecule has 3 rings (SSSR count). The van der Waals surface area contributed by atoms with Gasteiger partial charge in [0.05, 0.1) is 5.56 Å². The van der Waals surface area contributed by atoms with Crippen molar-refractivity contribution in [2.45, 2.75) is 6.61 Å². The van der Waals surface area contributed by atoms with E-state index in [0.717, 1.165) is 5.56 Å². The summed E-state index contributed by atoms with van der Waals surface area (Å²) in [6.07, 6.45) is 0. The molecule has 0 atom stereocenters. The molecule has 0 aromatic heterocycles. The number of benzene rings is 3. The molecule has 2 N–H and O–H groups in total. The highest BCUT2D eigenvalue weighted by Gasteiger charge is 2.09. The summed E-state index contributed by atoms with van der Waals surface area (Å²) < 4.78 is 18.6. The molecular formula is C21H16ClFN2O3. The number of amidine groups is 1. The monoisotopic (exact) mass is 398 g/mol. The van der Waals surface area contributed by atoms with Gasteiger partial charge in [-0.1, -0.05) is 35.0 Å². The lowest BCUT2D eigenvalue weighted by molar-refractivity contribution is 0.0516. The van der Waals surface area contributed by atoms with E-state index in [9.17, 15) is 9.18 Å². The van der Waals surface area contributed by atoms with Gasteiger partial charge in [-0.05, 0) is 60.2 Å². The first kappa shape index (κ1) is 19.4. The first-order valence-electron chi connectivity index (χ1n) is 8.29. The van der Waals surface area contributed by atoms with Crippen molar-refractivity contribution in [3.05, 3.63) is 100 Å². The van der Waals surface area contributed by atoms with Crippen molar-refractivity contribution < 1.29 is 18.8 Å². The van der Waals surface area contributed by atoms with Crippen molar-refractivity contribution in [3.63, 3.8) is 0 Å². The van der Waals surface area contributed by atoms with Crippen molar-refractivity contribution in [3.8, 4) is 5.75 Å². The minimum Gasteiger partial charge on any atom is -0.489 e. The highest BCUT2D eigenvalue weighted by molar-refractivity contribution is 6.30. The Hall–Kier alpha value is -3.38. The van der Waals surface area contributed by atoms with Crippen molar-refractivity contribution in [2.75, 3.05) is 0 Å². The van der Waals surface area contributed by atoms with E-state index in [-0.39, 0.29) is 12.4 Å². The molecule has 3 aromatic rings. The van der Waals surface area contributed by atoms with E-state index >= 15 is 0 Å². The fourth-order valence-corrected chi connectivity index (χ4v) is 2.51. The quantitative estimate of drug-likeness (QED) is 0.286. The topological polar surface area (TPSA) is 73.9 Å². The Morgan fingerprint density at radius 1 is 1.00 bits per heavy atom. The molecule has 3 aromatic carbocycles. The maximum absolute atomic E-state index is 12.9. The maximum atomic E-state index is 12.9. The number of oxime groups is 1. The number of nitrogens with zero attached hydrogens (tertiary/aromatic N) is 1. The zero-order valence-electron chi connectivity index (χ0n) is 14.6. The summed E-state index contributed by atoms with van der Waals surface area (Å²) in [6.45, 7) is 0.252. The lowest BCUT2D eigenvalue weighted by Gasteiger charge is -2.07. The van der Waals surface area contributed by atoms with Crippen molar-refractivity contribution in [2.24, 2.45) is 10.9 Å². The second kappa shape index (κ2) is 9.01. The van der Waals surface area contributed by atoms with Crippen LogP contribution in [0.1, 0.15) is 21.5 Å². The molecule has 142 valence electrons. The van der Waals surface area contributed by atoms with Crippen LogP contribution in [0.5, 0.6) is 5.75 Å². The fraction of sp³-hybridized carbons (Fsp3) is 0.0476. The lowest BCUT2D eigenvalue weighted by Crippen LogP contribution is -2.15. The first-order valence-corrected chi connectivity index (χ1v) is 8.67. The largest absolute Gasteiger partial charge is 0.489 e. The molecule has 0 aliphatic rings. The minimum absolute atomic E-state index is 0.0335. The summed E-state index contributed by atoms with van der Waals surface area (Å²) in [7, 11) is 0. The molecule has 0 fully saturated rings. The van der Waals surface area contributed by atoms with Gasteiger partial charge >= 0.3 is 5.97 Å². The third-order valence-corrected chi connectivity index (χ3v) is 3.97. The van der Waals surface area contributed by atoms with Gasteiger partial charge in [0.25, 0.3) is 0 Å². The van der Waals surface area contributed by atoms with E-state index in [0.29, 0.717) is 21.9 Å². The average Bonchev–Trinajstić information content (AvgIpc) is 2.71. The van der Waals surface area contributed by atoms with Gasteiger partial charge in [-0.3, -0.25) is 0 Å². The third kappa shape index (κ3) is 5.31. The summed E-state index contributed by atoms with van der Waals surface area (Å²) in [6, 6.07) is 19.1. The number of nitrogens with two attached hydrogens (primary N) is 1. The molecule has 28 heavy (non-hydrogen) atoms. The second-order valence-electron chi connectivity index (χ2n) is 5.81. The van der Waals surface area contributed by atoms with E-state index in [1.165, 1.54) is 24.3 Å². The highest BCUT2D eigenvalue weighted by atomic mass is 35.5. The number of hydrogen-bond acceptors (Lipinski definition) is 4. The van der Waals surface area contributed by atoms with Crippen LogP contribution in [0.4, 0.5) is 4.39 Å². The number of hydrogen-bond donors (Lipinski definition) is 1. The summed E-state index contributed by atoms with van der Waals surface area (Å²) in [5.41, 5.74) is 7.25. The van der Waals surface area contributed by atoms with E-state index in [1.54, 1.807) is 42.5 Å². The molecule has 0 heterocycles. The van der Waals surface area contributed by atoms with Crippen LogP contribution >= 0.6 is 11.6 Å². The molecule has 0 saturated carbocycles. The summed E-state index contributed by atoms with van der Waals surface area (Å²) in [4.78, 5) is 17.1. The van der Waals surface area contributed by atoms with E-state index in [4.69, 9.17) is 26.9 Å². The minimum atomic E-state index is -0.672. The molecule has 0 saturated heterocycles. The van der Waals surface area contributed by atoms with Gasteiger partial charge in [0, 0.05) is 10.6 Å². The highest BCUT2D eigenvalue weighted by Crippen LogP contribution is 2.19. The molecule has 0 spiro atoms. The third-order valence-electron chi connectivity index (χ3n) is 3.73. The van der Waals surface area contributed by atoms with Gasteiger partial charge in [-0.2, -0.15) is 0 Å². The Bertz CT molecular complexity index is 1010. The van der Waals surface area contributed by atoms with Crippen LogP contribution in [-0.4, -0.2) is 11.8 Å². The van der Waals surface area contributed by atoms with Crippen LogP contribution in [0.3, 0.4) is 0 Å². The molecule has 0 aliphatic heterocycles. The Morgan fingerprint density at radius 2 is 1.75 bits per heavy atom. The normalized spacial score (nSPS) is 11.1. The number of carbonyl (C=O) groups is 1. The Balaban J connectivity index is 1.63. The van der Waals surface area contributed by atoms with Crippen LogP contribution in [0.2, 0.25) is 5.02 Å². The van der Waals surface area contributed by atoms with Crippen LogP contribution in [0, 0.1) is 5.82 Å². The van der Waals surface area contributed by atoms with E-state index < -0.39 is 11.8 Å². The molecule has 0 unspecified atom stereocenters. The van der Waals surface area contributed by atoms with Gasteiger partial charge in [0.15, 0.2) is 5.84 Å². The maximum Gasteiger partial charge on any atom is 0.365 e. The molecule has 0 amide bonds. The van der Waals surface area contributed by atoms with Gasteiger partial charge in [0.1, 0.15) is 18.2 Å². The molecular weight excluding hydrogens is 383 g/mol. The van der Waals surface area contributed by atoms with Crippen molar-refractivity contribution in [1.29, 1.82) is 0 Å². The summed E-state index contributed by atoms with van der Waals surface area (Å²) in [5.74, 6) is -0.481. The fourth-order valence-electron chi connectivity index (χ4n) is 2.33. The zero-order valence-corrected chi connectivity index (χ0v) is 15.4. The van der Waals surface area contributed by atoms with Crippen LogP contribution < -0.4 is 10.5 Å².